The van der Waals surface area contributed by atoms with E-state index in [2.05, 4.69) is 146 Å². The summed E-state index contributed by atoms with van der Waals surface area (Å²) in [6, 6.07) is 41.8. The first-order valence-corrected chi connectivity index (χ1v) is 15.1. The number of allylic oxidation sites excluding steroid dienone is 5. The minimum Gasteiger partial charge on any atom is -0.310 e. The number of rotatable bonds is 5. The summed E-state index contributed by atoms with van der Waals surface area (Å²) in [5, 5.41) is 7.47. The molecule has 0 spiro atoms. The molecule has 0 unspecified atom stereocenters. The van der Waals surface area contributed by atoms with Crippen molar-refractivity contribution in [2.75, 3.05) is 4.90 Å². The highest BCUT2D eigenvalue weighted by Crippen LogP contribution is 2.48. The third kappa shape index (κ3) is 4.92. The molecule has 1 aliphatic rings. The SMILES string of the molecule is C=CC1=C(/C=C\C)c2ccc(N(c3ccc4ccccc4c3)c3ccc4ccccc4c3)c3cccc1c23.CC.CC. The Kier molecular flexibility index (Phi) is 8.69. The van der Waals surface area contributed by atoms with Gasteiger partial charge in [-0.1, -0.05) is 137 Å². The van der Waals surface area contributed by atoms with E-state index in [0.29, 0.717) is 0 Å². The molecule has 1 heteroatoms. The molecule has 1 aliphatic carbocycles. The van der Waals surface area contributed by atoms with Crippen molar-refractivity contribution in [2.45, 2.75) is 34.6 Å². The molecule has 1 nitrogen and oxygen atoms in total. The second-order valence-electron chi connectivity index (χ2n) is 9.79. The van der Waals surface area contributed by atoms with Crippen molar-refractivity contribution < 1.29 is 0 Å². The van der Waals surface area contributed by atoms with Crippen LogP contribution in [-0.2, 0) is 0 Å². The fourth-order valence-corrected chi connectivity index (χ4v) is 5.95. The van der Waals surface area contributed by atoms with E-state index in [1.807, 2.05) is 33.8 Å². The highest BCUT2D eigenvalue weighted by Gasteiger charge is 2.24. The molecule has 0 aliphatic heterocycles. The zero-order valence-electron chi connectivity index (χ0n) is 25.4. The first-order valence-electron chi connectivity index (χ1n) is 15.1. The van der Waals surface area contributed by atoms with Crippen LogP contribution in [0.1, 0.15) is 45.7 Å². The third-order valence-corrected chi connectivity index (χ3v) is 7.65. The summed E-state index contributed by atoms with van der Waals surface area (Å²) in [5.41, 5.74) is 8.41. The molecule has 0 amide bonds. The third-order valence-electron chi connectivity index (χ3n) is 7.65. The number of hydrogen-bond donors (Lipinski definition) is 0. The lowest BCUT2D eigenvalue weighted by Crippen LogP contribution is -2.10. The van der Waals surface area contributed by atoms with Crippen LogP contribution in [0.15, 0.2) is 140 Å². The molecule has 0 saturated carbocycles. The lowest BCUT2D eigenvalue weighted by atomic mass is 9.98. The van der Waals surface area contributed by atoms with Gasteiger partial charge in [-0.3, -0.25) is 0 Å². The average Bonchev–Trinajstić information content (AvgIpc) is 3.37. The Morgan fingerprint density at radius 3 is 1.64 bits per heavy atom. The normalized spacial score (nSPS) is 11.8. The molecule has 42 heavy (non-hydrogen) atoms. The van der Waals surface area contributed by atoms with Gasteiger partial charge in [-0.15, -0.1) is 0 Å². The Morgan fingerprint density at radius 1 is 0.548 bits per heavy atom. The zero-order chi connectivity index (χ0) is 29.6. The largest absolute Gasteiger partial charge is 0.310 e. The molecule has 0 heterocycles. The van der Waals surface area contributed by atoms with Crippen molar-refractivity contribution in [2.24, 2.45) is 0 Å². The second-order valence-corrected chi connectivity index (χ2v) is 9.79. The van der Waals surface area contributed by atoms with E-state index < -0.39 is 0 Å². The maximum absolute atomic E-state index is 4.15. The Bertz CT molecular complexity index is 1870. The molecule has 6 aromatic carbocycles. The maximum atomic E-state index is 4.15. The van der Waals surface area contributed by atoms with Crippen molar-refractivity contribution in [3.05, 3.63) is 151 Å². The minimum atomic E-state index is 1.14. The van der Waals surface area contributed by atoms with Crippen molar-refractivity contribution in [1.29, 1.82) is 0 Å². The van der Waals surface area contributed by atoms with Crippen LogP contribution in [0.25, 0.3) is 43.5 Å². The molecule has 6 aromatic rings. The van der Waals surface area contributed by atoms with E-state index in [-0.39, 0.29) is 0 Å². The molecule has 0 N–H and O–H groups in total. The summed E-state index contributed by atoms with van der Waals surface area (Å²) < 4.78 is 0. The van der Waals surface area contributed by atoms with Gasteiger partial charge in [-0.05, 0) is 86.5 Å². The highest BCUT2D eigenvalue weighted by atomic mass is 15.1. The molecule has 0 radical (unpaired) electrons. The van der Waals surface area contributed by atoms with Crippen molar-refractivity contribution in [3.8, 4) is 0 Å². The summed E-state index contributed by atoms with van der Waals surface area (Å²) in [5.74, 6) is 0. The fourth-order valence-electron chi connectivity index (χ4n) is 5.95. The smallest absolute Gasteiger partial charge is 0.0540 e. The molecule has 208 valence electrons. The van der Waals surface area contributed by atoms with Gasteiger partial charge in [-0.2, -0.15) is 0 Å². The van der Waals surface area contributed by atoms with Gasteiger partial charge >= 0.3 is 0 Å². The Morgan fingerprint density at radius 2 is 1.10 bits per heavy atom. The fraction of sp³-hybridized carbons (Fsp3) is 0.122. The molecule has 0 aromatic heterocycles. The van der Waals surface area contributed by atoms with Gasteiger partial charge < -0.3 is 4.90 Å². The van der Waals surface area contributed by atoms with E-state index >= 15 is 0 Å². The number of benzene rings is 6. The van der Waals surface area contributed by atoms with Gasteiger partial charge in [0.2, 0.25) is 0 Å². The minimum absolute atomic E-state index is 1.14. The summed E-state index contributed by atoms with van der Waals surface area (Å²) in [6.45, 7) is 14.2. The van der Waals surface area contributed by atoms with Gasteiger partial charge in [0.15, 0.2) is 0 Å². The van der Waals surface area contributed by atoms with Gasteiger partial charge in [-0.25, -0.2) is 0 Å². The molecule has 0 atom stereocenters. The van der Waals surface area contributed by atoms with Gasteiger partial charge in [0.25, 0.3) is 0 Å². The van der Waals surface area contributed by atoms with E-state index in [9.17, 15) is 0 Å². The lowest BCUT2D eigenvalue weighted by molar-refractivity contribution is 1.31. The molecule has 0 bridgehead atoms. The summed E-state index contributed by atoms with van der Waals surface area (Å²) in [4.78, 5) is 2.41. The average molecular weight is 546 g/mol. The molecule has 0 saturated heterocycles. The van der Waals surface area contributed by atoms with Crippen LogP contribution < -0.4 is 4.90 Å². The number of anilines is 3. The van der Waals surface area contributed by atoms with Gasteiger partial charge in [0.05, 0.1) is 5.69 Å². The van der Waals surface area contributed by atoms with Crippen molar-refractivity contribution in [1.82, 2.24) is 0 Å². The molecule has 7 rings (SSSR count). The van der Waals surface area contributed by atoms with E-state index in [4.69, 9.17) is 0 Å². The second kappa shape index (κ2) is 12.7. The Hall–Kier alpha value is -4.88. The monoisotopic (exact) mass is 545 g/mol. The number of fused-ring (bicyclic) bond motifs is 2. The topological polar surface area (TPSA) is 3.24 Å². The molecular formula is C41H39N. The first-order chi connectivity index (χ1) is 20.8. The number of nitrogens with zero attached hydrogens (tertiary/aromatic N) is 1. The van der Waals surface area contributed by atoms with E-state index in [0.717, 1.165) is 11.4 Å². The standard InChI is InChI=1S/C37H27N.2C2H6/c1-3-10-32-31(4-2)33-15-9-16-35-36(22-21-34(32)37(33)35)38(29-19-17-25-11-5-7-13-27(25)23-29)30-20-18-26-12-6-8-14-28(26)24-30;2*1-2/h3-24H,2H2,1H3;2*1-2H3/b10-3-;;. The molecular weight excluding hydrogens is 506 g/mol. The predicted octanol–water partition coefficient (Wildman–Crippen LogP) is 12.7. The Balaban J connectivity index is 0.000000847. The van der Waals surface area contributed by atoms with Crippen LogP contribution in [0.2, 0.25) is 0 Å². The van der Waals surface area contributed by atoms with E-state index in [1.54, 1.807) is 0 Å². The first kappa shape index (κ1) is 28.6. The number of hydrogen-bond acceptors (Lipinski definition) is 1. The van der Waals surface area contributed by atoms with Crippen LogP contribution in [0.3, 0.4) is 0 Å². The van der Waals surface area contributed by atoms with Crippen LogP contribution in [0.4, 0.5) is 17.1 Å². The maximum Gasteiger partial charge on any atom is 0.0540 e. The van der Waals surface area contributed by atoms with Crippen LogP contribution in [0.5, 0.6) is 0 Å². The predicted molar refractivity (Wildman–Crippen MR) is 188 cm³/mol. The van der Waals surface area contributed by atoms with E-state index in [1.165, 1.54) is 60.3 Å². The van der Waals surface area contributed by atoms with Gasteiger partial charge in [0, 0.05) is 16.8 Å². The van der Waals surface area contributed by atoms with Crippen LogP contribution >= 0.6 is 0 Å². The lowest BCUT2D eigenvalue weighted by Gasteiger charge is -2.28. The van der Waals surface area contributed by atoms with Crippen LogP contribution in [-0.4, -0.2) is 0 Å². The van der Waals surface area contributed by atoms with Crippen molar-refractivity contribution in [3.63, 3.8) is 0 Å². The summed E-state index contributed by atoms with van der Waals surface area (Å²) in [6.07, 6.45) is 6.31. The quantitative estimate of drug-likeness (QED) is 0.208. The summed E-state index contributed by atoms with van der Waals surface area (Å²) >= 11 is 0. The highest BCUT2D eigenvalue weighted by molar-refractivity contribution is 6.20. The van der Waals surface area contributed by atoms with Crippen molar-refractivity contribution >= 4 is 60.5 Å². The Labute approximate surface area is 250 Å². The zero-order valence-corrected chi connectivity index (χ0v) is 25.4. The van der Waals surface area contributed by atoms with Crippen LogP contribution in [0, 0.1) is 0 Å². The molecule has 0 fully saturated rings. The summed E-state index contributed by atoms with van der Waals surface area (Å²) in [7, 11) is 0. The van der Waals surface area contributed by atoms with Gasteiger partial charge in [0.1, 0.15) is 0 Å².